The number of carbonyl (C=O) groups is 1. The lowest BCUT2D eigenvalue weighted by atomic mass is 9.99. The normalized spacial score (nSPS) is 16.5. The Morgan fingerprint density at radius 2 is 2.24 bits per heavy atom. The third-order valence-electron chi connectivity index (χ3n) is 3.21. The summed E-state index contributed by atoms with van der Waals surface area (Å²) in [4.78, 5) is 12.1. The van der Waals surface area contributed by atoms with E-state index in [1.807, 2.05) is 0 Å². The fraction of sp³-hybridized carbons (Fsp3) is 0.429. The van der Waals surface area contributed by atoms with Gasteiger partial charge in [0.05, 0.1) is 0 Å². The van der Waals surface area contributed by atoms with Gasteiger partial charge in [0.15, 0.2) is 5.84 Å². The zero-order valence-corrected chi connectivity index (χ0v) is 11.6. The highest BCUT2D eigenvalue weighted by Gasteiger charge is 2.21. The lowest BCUT2D eigenvalue weighted by Gasteiger charge is -2.21. The van der Waals surface area contributed by atoms with Crippen molar-refractivity contribution in [2.75, 3.05) is 25.1 Å². The van der Waals surface area contributed by atoms with Crippen molar-refractivity contribution in [1.82, 2.24) is 0 Å². The first kappa shape index (κ1) is 15.1. The molecule has 0 spiro atoms. The second-order valence-corrected chi connectivity index (χ2v) is 4.78. The second kappa shape index (κ2) is 7.49. The number of hydrogen-bond donors (Lipinski definition) is 3. The molecule has 1 aromatic carbocycles. The van der Waals surface area contributed by atoms with Crippen LogP contribution in [0.5, 0.6) is 5.75 Å². The van der Waals surface area contributed by atoms with Gasteiger partial charge >= 0.3 is 0 Å². The number of amidine groups is 1. The molecule has 1 heterocycles. The van der Waals surface area contributed by atoms with Crippen LogP contribution in [0.25, 0.3) is 0 Å². The van der Waals surface area contributed by atoms with Crippen LogP contribution in [-0.2, 0) is 9.53 Å². The maximum Gasteiger partial charge on any atom is 0.227 e. The molecule has 1 aliphatic heterocycles. The molecule has 0 unspecified atom stereocenters. The fourth-order valence-electron chi connectivity index (χ4n) is 2.05. The van der Waals surface area contributed by atoms with Crippen molar-refractivity contribution >= 4 is 17.4 Å². The van der Waals surface area contributed by atoms with E-state index in [9.17, 15) is 4.79 Å². The Morgan fingerprint density at radius 3 is 2.95 bits per heavy atom. The highest BCUT2D eigenvalue weighted by molar-refractivity contribution is 5.92. The molecule has 1 fully saturated rings. The number of nitrogens with zero attached hydrogens (tertiary/aromatic N) is 1. The number of hydrogen-bond acceptors (Lipinski definition) is 5. The average molecular weight is 293 g/mol. The van der Waals surface area contributed by atoms with E-state index in [2.05, 4.69) is 10.5 Å². The summed E-state index contributed by atoms with van der Waals surface area (Å²) in [5, 5.41) is 14.1. The quantitative estimate of drug-likeness (QED) is 0.327. The lowest BCUT2D eigenvalue weighted by molar-refractivity contribution is -0.122. The van der Waals surface area contributed by atoms with E-state index >= 15 is 0 Å². The number of benzene rings is 1. The molecule has 0 bridgehead atoms. The third-order valence-corrected chi connectivity index (χ3v) is 3.21. The summed E-state index contributed by atoms with van der Waals surface area (Å²) in [6.07, 6.45) is 1.48. The molecule has 21 heavy (non-hydrogen) atoms. The lowest BCUT2D eigenvalue weighted by Crippen LogP contribution is -2.28. The van der Waals surface area contributed by atoms with Crippen LogP contribution in [0, 0.1) is 5.92 Å². The molecule has 2 rings (SSSR count). The van der Waals surface area contributed by atoms with Crippen LogP contribution in [0.15, 0.2) is 29.4 Å². The first-order valence-electron chi connectivity index (χ1n) is 6.77. The molecule has 114 valence electrons. The van der Waals surface area contributed by atoms with Crippen LogP contribution < -0.4 is 15.8 Å². The minimum atomic E-state index is -0.0216. The van der Waals surface area contributed by atoms with Crippen LogP contribution in [0.4, 0.5) is 5.69 Å². The van der Waals surface area contributed by atoms with Gasteiger partial charge in [-0.25, -0.2) is 0 Å². The Bertz CT molecular complexity index is 513. The predicted octanol–water partition coefficient (Wildman–Crippen LogP) is 1.18. The molecule has 7 heteroatoms. The molecule has 0 aromatic heterocycles. The van der Waals surface area contributed by atoms with Crippen molar-refractivity contribution in [2.24, 2.45) is 16.8 Å². The molecule has 0 atom stereocenters. The number of nitrogens with two attached hydrogens (primary N) is 1. The van der Waals surface area contributed by atoms with E-state index in [0.717, 1.165) is 12.8 Å². The summed E-state index contributed by atoms with van der Waals surface area (Å²) < 4.78 is 10.6. The van der Waals surface area contributed by atoms with E-state index in [1.165, 1.54) is 0 Å². The van der Waals surface area contributed by atoms with Crippen LogP contribution in [0.2, 0.25) is 0 Å². The minimum absolute atomic E-state index is 0.00751. The summed E-state index contributed by atoms with van der Waals surface area (Å²) >= 11 is 0. The maximum atomic E-state index is 12.1. The zero-order valence-electron chi connectivity index (χ0n) is 11.6. The van der Waals surface area contributed by atoms with Crippen LogP contribution in [0.3, 0.4) is 0 Å². The van der Waals surface area contributed by atoms with E-state index in [1.54, 1.807) is 24.3 Å². The van der Waals surface area contributed by atoms with E-state index < -0.39 is 0 Å². The number of anilines is 1. The van der Waals surface area contributed by atoms with Gasteiger partial charge in [-0.15, -0.1) is 0 Å². The van der Waals surface area contributed by atoms with Crippen molar-refractivity contribution in [3.8, 4) is 5.75 Å². The molecule has 0 saturated carbocycles. The van der Waals surface area contributed by atoms with Gasteiger partial charge in [-0.05, 0) is 25.0 Å². The molecule has 1 aliphatic rings. The molecule has 0 aliphatic carbocycles. The molecule has 7 nitrogen and oxygen atoms in total. The van der Waals surface area contributed by atoms with E-state index in [-0.39, 0.29) is 24.3 Å². The highest BCUT2D eigenvalue weighted by atomic mass is 16.5. The smallest absolute Gasteiger partial charge is 0.227 e. The van der Waals surface area contributed by atoms with Crippen LogP contribution in [-0.4, -0.2) is 36.8 Å². The Kier molecular flexibility index (Phi) is 5.39. The van der Waals surface area contributed by atoms with Crippen molar-refractivity contribution in [3.63, 3.8) is 0 Å². The summed E-state index contributed by atoms with van der Waals surface area (Å²) in [6.45, 7) is 1.23. The van der Waals surface area contributed by atoms with Gasteiger partial charge in [0.25, 0.3) is 0 Å². The Morgan fingerprint density at radius 1 is 1.48 bits per heavy atom. The number of ether oxygens (including phenoxy) is 2. The molecule has 1 saturated heterocycles. The first-order valence-corrected chi connectivity index (χ1v) is 6.77. The topological polar surface area (TPSA) is 106 Å². The summed E-state index contributed by atoms with van der Waals surface area (Å²) in [5.41, 5.74) is 5.99. The van der Waals surface area contributed by atoms with E-state index in [4.69, 9.17) is 20.4 Å². The molecular weight excluding hydrogens is 274 g/mol. The number of rotatable bonds is 5. The summed E-state index contributed by atoms with van der Waals surface area (Å²) in [5.74, 6) is 0.491. The SMILES string of the molecule is NC(COc1cccc(NC(=O)C2CCOCC2)c1)=NO. The molecule has 4 N–H and O–H groups in total. The van der Waals surface area contributed by atoms with Gasteiger partial charge in [0, 0.05) is 30.9 Å². The van der Waals surface area contributed by atoms with Gasteiger partial charge in [-0.3, -0.25) is 4.79 Å². The molecule has 1 amide bonds. The van der Waals surface area contributed by atoms with E-state index in [0.29, 0.717) is 24.7 Å². The van der Waals surface area contributed by atoms with Crippen molar-refractivity contribution in [1.29, 1.82) is 0 Å². The molecule has 0 radical (unpaired) electrons. The number of nitrogens with one attached hydrogen (secondary N) is 1. The van der Waals surface area contributed by atoms with Gasteiger partial charge in [-0.2, -0.15) is 0 Å². The molecular formula is C14H19N3O4. The Hall–Kier alpha value is -2.28. The summed E-state index contributed by atoms with van der Waals surface area (Å²) in [7, 11) is 0. The fourth-order valence-corrected chi connectivity index (χ4v) is 2.05. The number of amides is 1. The Balaban J connectivity index is 1.92. The van der Waals surface area contributed by atoms with Crippen molar-refractivity contribution in [2.45, 2.75) is 12.8 Å². The highest BCUT2D eigenvalue weighted by Crippen LogP contribution is 2.20. The predicted molar refractivity (Wildman–Crippen MR) is 77.5 cm³/mol. The second-order valence-electron chi connectivity index (χ2n) is 4.78. The largest absolute Gasteiger partial charge is 0.485 e. The zero-order chi connectivity index (χ0) is 15.1. The van der Waals surface area contributed by atoms with Crippen molar-refractivity contribution < 1.29 is 19.5 Å². The number of carbonyl (C=O) groups excluding carboxylic acids is 1. The van der Waals surface area contributed by atoms with Gasteiger partial charge in [0.2, 0.25) is 5.91 Å². The van der Waals surface area contributed by atoms with Gasteiger partial charge in [-0.1, -0.05) is 11.2 Å². The first-order chi connectivity index (χ1) is 10.2. The van der Waals surface area contributed by atoms with Gasteiger partial charge in [0.1, 0.15) is 12.4 Å². The van der Waals surface area contributed by atoms with Gasteiger partial charge < -0.3 is 25.7 Å². The molecule has 1 aromatic rings. The monoisotopic (exact) mass is 293 g/mol. The average Bonchev–Trinajstić information content (AvgIpc) is 2.53. The third kappa shape index (κ3) is 4.64. The Labute approximate surface area is 122 Å². The minimum Gasteiger partial charge on any atom is -0.485 e. The summed E-state index contributed by atoms with van der Waals surface area (Å²) in [6, 6.07) is 6.98. The standard InChI is InChI=1S/C14H19N3O4/c15-13(17-19)9-21-12-3-1-2-11(8-12)16-14(18)10-4-6-20-7-5-10/h1-3,8,10,19H,4-7,9H2,(H2,15,17)(H,16,18). The number of oxime groups is 1. The van der Waals surface area contributed by atoms with Crippen LogP contribution in [0.1, 0.15) is 12.8 Å². The van der Waals surface area contributed by atoms with Crippen LogP contribution >= 0.6 is 0 Å². The van der Waals surface area contributed by atoms with Crippen molar-refractivity contribution in [3.05, 3.63) is 24.3 Å². The maximum absolute atomic E-state index is 12.1.